The topological polar surface area (TPSA) is 29.3 Å². The summed E-state index contributed by atoms with van der Waals surface area (Å²) in [5.41, 5.74) is 9.91. The van der Waals surface area contributed by atoms with Gasteiger partial charge in [-0.1, -0.05) is 43.2 Å². The first-order chi connectivity index (χ1) is 7.62. The van der Waals surface area contributed by atoms with Gasteiger partial charge in [-0.05, 0) is 32.5 Å². The van der Waals surface area contributed by atoms with Gasteiger partial charge in [0.15, 0.2) is 0 Å². The predicted octanol–water partition coefficient (Wildman–Crippen LogP) is 2.65. The second-order valence-corrected chi connectivity index (χ2v) is 4.39. The minimum atomic E-state index is 0.355. The number of hydrogen-bond acceptors (Lipinski definition) is 2. The summed E-state index contributed by atoms with van der Waals surface area (Å²) >= 11 is 0. The molecule has 0 saturated carbocycles. The maximum absolute atomic E-state index is 5.92. The summed E-state index contributed by atoms with van der Waals surface area (Å²) < 4.78 is 0. The van der Waals surface area contributed by atoms with Crippen molar-refractivity contribution in [3.63, 3.8) is 0 Å². The highest BCUT2D eigenvalue weighted by Crippen LogP contribution is 2.21. The van der Waals surface area contributed by atoms with Crippen molar-refractivity contribution < 1.29 is 0 Å². The van der Waals surface area contributed by atoms with Gasteiger partial charge in [-0.15, -0.1) is 0 Å². The minimum Gasteiger partial charge on any atom is -0.329 e. The summed E-state index contributed by atoms with van der Waals surface area (Å²) in [6.07, 6.45) is 0. The number of hydrogen-bond donors (Lipinski definition) is 1. The summed E-state index contributed by atoms with van der Waals surface area (Å²) in [6, 6.07) is 7.07. The Morgan fingerprint density at radius 2 is 1.56 bits per heavy atom. The smallest absolute Gasteiger partial charge is 0.0470 e. The number of benzene rings is 1. The van der Waals surface area contributed by atoms with Gasteiger partial charge in [-0.25, -0.2) is 0 Å². The normalized spacial score (nSPS) is 13.1. The zero-order valence-electron chi connectivity index (χ0n) is 11.0. The number of nitrogens with zero attached hydrogens (tertiary/aromatic N) is 1. The Labute approximate surface area is 99.5 Å². The van der Waals surface area contributed by atoms with Crippen LogP contribution in [0.1, 0.15) is 36.6 Å². The molecule has 0 radical (unpaired) electrons. The lowest BCUT2D eigenvalue weighted by Gasteiger charge is -2.29. The van der Waals surface area contributed by atoms with Crippen LogP contribution in [0.25, 0.3) is 0 Å². The van der Waals surface area contributed by atoms with E-state index in [0.717, 1.165) is 13.1 Å². The van der Waals surface area contributed by atoms with Gasteiger partial charge < -0.3 is 5.73 Å². The third kappa shape index (κ3) is 3.06. The molecule has 0 aliphatic carbocycles. The Balaban J connectivity index is 3.02. The average molecular weight is 220 g/mol. The van der Waals surface area contributed by atoms with Gasteiger partial charge in [0, 0.05) is 12.6 Å². The molecular weight excluding hydrogens is 196 g/mol. The number of rotatable bonds is 5. The van der Waals surface area contributed by atoms with Crippen molar-refractivity contribution in [3.8, 4) is 0 Å². The van der Waals surface area contributed by atoms with E-state index >= 15 is 0 Å². The highest BCUT2D eigenvalue weighted by molar-refractivity contribution is 5.31. The molecule has 0 saturated heterocycles. The molecule has 2 N–H and O–H groups in total. The molecule has 1 unspecified atom stereocenters. The summed E-state index contributed by atoms with van der Waals surface area (Å²) in [5.74, 6) is 0. The molecule has 90 valence electrons. The van der Waals surface area contributed by atoms with Crippen LogP contribution in [-0.2, 0) is 0 Å². The van der Waals surface area contributed by atoms with Crippen LogP contribution < -0.4 is 5.73 Å². The average Bonchev–Trinajstić information content (AvgIpc) is 2.24. The Kier molecular flexibility index (Phi) is 4.97. The Hall–Kier alpha value is -0.860. The Bertz CT molecular complexity index is 309. The van der Waals surface area contributed by atoms with Gasteiger partial charge in [0.1, 0.15) is 0 Å². The van der Waals surface area contributed by atoms with Crippen molar-refractivity contribution in [2.45, 2.75) is 33.7 Å². The Morgan fingerprint density at radius 1 is 1.06 bits per heavy atom. The molecule has 0 fully saturated rings. The maximum Gasteiger partial charge on any atom is 0.0470 e. The monoisotopic (exact) mass is 220 g/mol. The molecule has 1 aromatic rings. The summed E-state index contributed by atoms with van der Waals surface area (Å²) in [7, 11) is 0. The van der Waals surface area contributed by atoms with Gasteiger partial charge in [0.05, 0.1) is 0 Å². The molecule has 16 heavy (non-hydrogen) atoms. The summed E-state index contributed by atoms with van der Waals surface area (Å²) in [6.45, 7) is 11.4. The number of likely N-dealkylation sites (N-methyl/N-ethyl adjacent to an activating group) is 1. The summed E-state index contributed by atoms with van der Waals surface area (Å²) in [5, 5.41) is 0. The van der Waals surface area contributed by atoms with Crippen LogP contribution in [0, 0.1) is 13.8 Å². The van der Waals surface area contributed by atoms with E-state index in [9.17, 15) is 0 Å². The molecule has 2 nitrogen and oxygen atoms in total. The van der Waals surface area contributed by atoms with E-state index in [2.05, 4.69) is 50.8 Å². The molecule has 0 aliphatic heterocycles. The molecule has 0 spiro atoms. The molecule has 1 aromatic carbocycles. The molecule has 0 heterocycles. The lowest BCUT2D eigenvalue weighted by molar-refractivity contribution is 0.224. The second-order valence-electron chi connectivity index (χ2n) is 4.39. The first-order valence-electron chi connectivity index (χ1n) is 6.14. The van der Waals surface area contributed by atoms with E-state index in [1.165, 1.54) is 16.7 Å². The van der Waals surface area contributed by atoms with Crippen molar-refractivity contribution in [2.75, 3.05) is 19.6 Å². The molecular formula is C14H24N2. The fourth-order valence-corrected chi connectivity index (χ4v) is 2.36. The first kappa shape index (κ1) is 13.2. The van der Waals surface area contributed by atoms with Gasteiger partial charge in [0.25, 0.3) is 0 Å². The predicted molar refractivity (Wildman–Crippen MR) is 70.6 cm³/mol. The van der Waals surface area contributed by atoms with E-state index in [1.807, 2.05) is 0 Å². The third-order valence-corrected chi connectivity index (χ3v) is 3.11. The van der Waals surface area contributed by atoms with Crippen LogP contribution in [0.2, 0.25) is 0 Å². The summed E-state index contributed by atoms with van der Waals surface area (Å²) in [4.78, 5) is 2.41. The molecule has 2 heteroatoms. The van der Waals surface area contributed by atoms with Crippen molar-refractivity contribution in [1.29, 1.82) is 0 Å². The number of nitrogens with two attached hydrogens (primary N) is 1. The molecule has 1 atom stereocenters. The van der Waals surface area contributed by atoms with E-state index in [1.54, 1.807) is 0 Å². The van der Waals surface area contributed by atoms with Gasteiger partial charge in [-0.3, -0.25) is 4.90 Å². The SMILES string of the molecule is CCN(CC)C(CN)c1cc(C)cc(C)c1. The zero-order valence-corrected chi connectivity index (χ0v) is 11.0. The van der Waals surface area contributed by atoms with E-state index in [-0.39, 0.29) is 0 Å². The standard InChI is InChI=1S/C14H24N2/c1-5-16(6-2)14(10-15)13-8-11(3)7-12(4)9-13/h7-9,14H,5-6,10,15H2,1-4H3. The van der Waals surface area contributed by atoms with E-state index < -0.39 is 0 Å². The largest absolute Gasteiger partial charge is 0.329 e. The van der Waals surface area contributed by atoms with Crippen LogP contribution in [0.5, 0.6) is 0 Å². The lowest BCUT2D eigenvalue weighted by Crippen LogP contribution is -2.33. The van der Waals surface area contributed by atoms with Crippen LogP contribution in [0.3, 0.4) is 0 Å². The van der Waals surface area contributed by atoms with Crippen molar-refractivity contribution >= 4 is 0 Å². The molecule has 0 amide bonds. The van der Waals surface area contributed by atoms with Crippen molar-refractivity contribution in [3.05, 3.63) is 34.9 Å². The van der Waals surface area contributed by atoms with Crippen molar-refractivity contribution in [2.24, 2.45) is 5.73 Å². The molecule has 0 aliphatic rings. The molecule has 1 rings (SSSR count). The molecule has 0 bridgehead atoms. The molecule has 0 aromatic heterocycles. The van der Waals surface area contributed by atoms with Crippen LogP contribution in [-0.4, -0.2) is 24.5 Å². The van der Waals surface area contributed by atoms with Crippen LogP contribution in [0.4, 0.5) is 0 Å². The third-order valence-electron chi connectivity index (χ3n) is 3.11. The van der Waals surface area contributed by atoms with E-state index in [0.29, 0.717) is 12.6 Å². The zero-order chi connectivity index (χ0) is 12.1. The Morgan fingerprint density at radius 3 is 1.94 bits per heavy atom. The van der Waals surface area contributed by atoms with Gasteiger partial charge in [-0.2, -0.15) is 0 Å². The highest BCUT2D eigenvalue weighted by atomic mass is 15.2. The number of aryl methyl sites for hydroxylation is 2. The fraction of sp³-hybridized carbons (Fsp3) is 0.571. The van der Waals surface area contributed by atoms with Gasteiger partial charge >= 0.3 is 0 Å². The van der Waals surface area contributed by atoms with E-state index in [4.69, 9.17) is 5.73 Å². The van der Waals surface area contributed by atoms with Crippen LogP contribution in [0.15, 0.2) is 18.2 Å². The second kappa shape index (κ2) is 6.02. The first-order valence-corrected chi connectivity index (χ1v) is 6.14. The minimum absolute atomic E-state index is 0.355. The van der Waals surface area contributed by atoms with Crippen LogP contribution >= 0.6 is 0 Å². The highest BCUT2D eigenvalue weighted by Gasteiger charge is 2.16. The van der Waals surface area contributed by atoms with Crippen molar-refractivity contribution in [1.82, 2.24) is 4.90 Å². The fourth-order valence-electron chi connectivity index (χ4n) is 2.36. The quantitative estimate of drug-likeness (QED) is 0.826. The van der Waals surface area contributed by atoms with Gasteiger partial charge in [0.2, 0.25) is 0 Å². The maximum atomic E-state index is 5.92. The lowest BCUT2D eigenvalue weighted by atomic mass is 10.00.